The standard InChI is InChI=1S/C47H58N8O11/c1-4-33-30-54(17-16-48-33)40-12-10-32(29-50-40)36-14-15-49-47(52-36)51-34-27-38(60-2)43(61-3)39(28-34)66-26-25-65-24-23-64-22-21-63-20-19-62-18-6-8-31-7-5-9-35-42(31)46(59)55(45(35)58)37-11-13-41(56)53-44(37)57/h5,7,9-10,12,14-15,27-29,33,37,48H,4,6,8,11,13,16-26,30H2,1-3H3,(H,49,51,52)(H,53,56,57). The smallest absolute Gasteiger partial charge is 0.262 e. The predicted molar refractivity (Wildman–Crippen MR) is 243 cm³/mol. The molecule has 3 aliphatic rings. The quantitative estimate of drug-likeness (QED) is 0.0634. The van der Waals surface area contributed by atoms with Crippen molar-refractivity contribution in [2.75, 3.05) is 104 Å². The maximum atomic E-state index is 13.3. The molecule has 7 rings (SSSR count). The van der Waals surface area contributed by atoms with Crippen LogP contribution in [0.15, 0.2) is 60.9 Å². The van der Waals surface area contributed by atoms with Crippen molar-refractivity contribution < 1.29 is 52.3 Å². The number of benzene rings is 2. The Morgan fingerprint density at radius 2 is 1.56 bits per heavy atom. The SMILES string of the molecule is CCC1CN(c2ccc(-c3ccnc(Nc4cc(OC)c(OC)c(OCCOCCOCCOCCOCCCc5cccc6c5C(=O)N(C5CCC(=O)NC5=O)C6=O)c4)n3)cn2)CCN1. The molecule has 0 bridgehead atoms. The van der Waals surface area contributed by atoms with E-state index in [1.54, 1.807) is 50.7 Å². The van der Waals surface area contributed by atoms with Gasteiger partial charge >= 0.3 is 0 Å². The van der Waals surface area contributed by atoms with Crippen LogP contribution in [0.4, 0.5) is 17.5 Å². The van der Waals surface area contributed by atoms with Crippen molar-refractivity contribution >= 4 is 41.1 Å². The number of carbonyl (C=O) groups is 4. The topological polar surface area (TPSA) is 214 Å². The fourth-order valence-corrected chi connectivity index (χ4v) is 7.98. The molecule has 66 heavy (non-hydrogen) atoms. The Kier molecular flexibility index (Phi) is 17.2. The van der Waals surface area contributed by atoms with Gasteiger partial charge in [0.15, 0.2) is 11.5 Å². The molecule has 0 aliphatic carbocycles. The first-order valence-corrected chi connectivity index (χ1v) is 22.4. The van der Waals surface area contributed by atoms with Crippen LogP contribution >= 0.6 is 0 Å². The second-order valence-electron chi connectivity index (χ2n) is 15.7. The number of carbonyl (C=O) groups excluding carboxylic acids is 4. The monoisotopic (exact) mass is 910 g/mol. The average molecular weight is 911 g/mol. The summed E-state index contributed by atoms with van der Waals surface area (Å²) < 4.78 is 39.9. The Hall–Kier alpha value is -6.25. The van der Waals surface area contributed by atoms with Crippen LogP contribution in [-0.4, -0.2) is 149 Å². The molecule has 0 spiro atoms. The van der Waals surface area contributed by atoms with Gasteiger partial charge in [0.2, 0.25) is 23.5 Å². The number of nitrogens with zero attached hydrogens (tertiary/aromatic N) is 5. The van der Waals surface area contributed by atoms with E-state index in [1.165, 1.54) is 0 Å². The molecule has 2 fully saturated rings. The third kappa shape index (κ3) is 12.1. The van der Waals surface area contributed by atoms with Crippen molar-refractivity contribution in [1.29, 1.82) is 0 Å². The summed E-state index contributed by atoms with van der Waals surface area (Å²) in [6.07, 6.45) is 5.94. The van der Waals surface area contributed by atoms with E-state index in [9.17, 15) is 19.2 Å². The molecule has 4 aromatic rings. The molecule has 2 aromatic heterocycles. The molecule has 0 radical (unpaired) electrons. The molecule has 352 valence electrons. The predicted octanol–water partition coefficient (Wildman–Crippen LogP) is 3.97. The number of aromatic nitrogens is 3. The number of nitrogens with one attached hydrogen (secondary N) is 3. The molecule has 3 N–H and O–H groups in total. The average Bonchev–Trinajstić information content (AvgIpc) is 3.59. The van der Waals surface area contributed by atoms with E-state index in [4.69, 9.17) is 43.1 Å². The van der Waals surface area contributed by atoms with Gasteiger partial charge in [-0.1, -0.05) is 19.1 Å². The highest BCUT2D eigenvalue weighted by molar-refractivity contribution is 6.24. The van der Waals surface area contributed by atoms with Gasteiger partial charge < -0.3 is 48.7 Å². The molecule has 3 aliphatic heterocycles. The van der Waals surface area contributed by atoms with E-state index in [-0.39, 0.29) is 25.0 Å². The Morgan fingerprint density at radius 1 is 0.818 bits per heavy atom. The molecule has 2 unspecified atom stereocenters. The normalized spacial score (nSPS) is 17.2. The third-order valence-electron chi connectivity index (χ3n) is 11.4. The number of ether oxygens (including phenoxy) is 7. The summed E-state index contributed by atoms with van der Waals surface area (Å²) in [5.74, 6) is 0.670. The number of hydrogen-bond donors (Lipinski definition) is 3. The number of pyridine rings is 1. The maximum Gasteiger partial charge on any atom is 0.262 e. The van der Waals surface area contributed by atoms with Crippen molar-refractivity contribution in [3.05, 3.63) is 77.6 Å². The Bertz CT molecular complexity index is 2300. The van der Waals surface area contributed by atoms with Crippen LogP contribution in [0.2, 0.25) is 0 Å². The highest BCUT2D eigenvalue weighted by atomic mass is 16.6. The van der Waals surface area contributed by atoms with Crippen molar-refractivity contribution in [1.82, 2.24) is 30.5 Å². The number of imide groups is 2. The summed E-state index contributed by atoms with van der Waals surface area (Å²) in [6, 6.07) is 14.1. The van der Waals surface area contributed by atoms with Crippen molar-refractivity contribution in [3.8, 4) is 28.5 Å². The first kappa shape index (κ1) is 47.7. The third-order valence-corrected chi connectivity index (χ3v) is 11.4. The number of piperidine rings is 1. The van der Waals surface area contributed by atoms with Crippen molar-refractivity contribution in [3.63, 3.8) is 0 Å². The van der Waals surface area contributed by atoms with Crippen LogP contribution in [0.1, 0.15) is 58.9 Å². The molecular weight excluding hydrogens is 853 g/mol. The van der Waals surface area contributed by atoms with E-state index in [0.717, 1.165) is 53.6 Å². The summed E-state index contributed by atoms with van der Waals surface area (Å²) in [6.45, 7) is 8.30. The lowest BCUT2D eigenvalue weighted by atomic mass is 9.99. The second kappa shape index (κ2) is 23.8. The Morgan fingerprint density at radius 3 is 2.26 bits per heavy atom. The molecule has 2 aromatic carbocycles. The van der Waals surface area contributed by atoms with Crippen molar-refractivity contribution in [2.45, 2.75) is 51.1 Å². The highest BCUT2D eigenvalue weighted by Crippen LogP contribution is 2.41. The van der Waals surface area contributed by atoms with E-state index >= 15 is 0 Å². The van der Waals surface area contributed by atoms with Crippen molar-refractivity contribution in [2.24, 2.45) is 0 Å². The van der Waals surface area contributed by atoms with E-state index < -0.39 is 29.7 Å². The first-order valence-electron chi connectivity index (χ1n) is 22.4. The van der Waals surface area contributed by atoms with Gasteiger partial charge in [0.1, 0.15) is 18.5 Å². The molecule has 4 amide bonds. The highest BCUT2D eigenvalue weighted by Gasteiger charge is 2.45. The second-order valence-corrected chi connectivity index (χ2v) is 15.7. The van der Waals surface area contributed by atoms with E-state index in [1.807, 2.05) is 24.4 Å². The zero-order valence-corrected chi connectivity index (χ0v) is 37.7. The minimum Gasteiger partial charge on any atom is -0.493 e. The van der Waals surface area contributed by atoms with Crippen LogP contribution in [0.25, 0.3) is 11.3 Å². The molecular formula is C47H58N8O11. The van der Waals surface area contributed by atoms with Gasteiger partial charge in [0, 0.05) is 74.5 Å². The van der Waals surface area contributed by atoms with Crippen LogP contribution in [-0.2, 0) is 35.0 Å². The molecule has 19 heteroatoms. The number of fused-ring (bicyclic) bond motifs is 1. The zero-order chi connectivity index (χ0) is 46.3. The van der Waals surface area contributed by atoms with Crippen LogP contribution in [0.3, 0.4) is 0 Å². The summed E-state index contributed by atoms with van der Waals surface area (Å²) in [5.41, 5.74) is 3.56. The van der Waals surface area contributed by atoms with Gasteiger partial charge in [-0.3, -0.25) is 29.4 Å². The van der Waals surface area contributed by atoms with Gasteiger partial charge in [-0.25, -0.2) is 15.0 Å². The maximum absolute atomic E-state index is 13.3. The van der Waals surface area contributed by atoms with Gasteiger partial charge in [-0.05, 0) is 55.5 Å². The van der Waals surface area contributed by atoms with Gasteiger partial charge in [0.05, 0.1) is 77.3 Å². The number of piperazine rings is 1. The Labute approximate surface area is 383 Å². The first-order chi connectivity index (χ1) is 32.3. The van der Waals surface area contributed by atoms with Crippen LogP contribution in [0, 0.1) is 0 Å². The number of methoxy groups -OCH3 is 2. The van der Waals surface area contributed by atoms with E-state index in [2.05, 4.69) is 32.8 Å². The minimum atomic E-state index is -0.996. The van der Waals surface area contributed by atoms with Crippen LogP contribution < -0.4 is 35.1 Å². The summed E-state index contributed by atoms with van der Waals surface area (Å²) in [5, 5.41) is 9.03. The lowest BCUT2D eigenvalue weighted by molar-refractivity contribution is -0.136. The number of rotatable bonds is 25. The van der Waals surface area contributed by atoms with Gasteiger partial charge in [-0.2, -0.15) is 0 Å². The van der Waals surface area contributed by atoms with Gasteiger partial charge in [0.25, 0.3) is 11.8 Å². The van der Waals surface area contributed by atoms with Gasteiger partial charge in [-0.15, -0.1) is 0 Å². The lowest BCUT2D eigenvalue weighted by Crippen LogP contribution is -2.54. The zero-order valence-electron chi connectivity index (χ0n) is 37.7. The largest absolute Gasteiger partial charge is 0.493 e. The summed E-state index contributed by atoms with van der Waals surface area (Å²) >= 11 is 0. The molecule has 5 heterocycles. The Balaban J connectivity index is 0.752. The fourth-order valence-electron chi connectivity index (χ4n) is 7.98. The molecule has 0 saturated carbocycles. The van der Waals surface area contributed by atoms with E-state index in [0.29, 0.717) is 106 Å². The summed E-state index contributed by atoms with van der Waals surface area (Å²) in [7, 11) is 3.11. The summed E-state index contributed by atoms with van der Waals surface area (Å²) in [4.78, 5) is 67.5. The molecule has 2 atom stereocenters. The number of amides is 4. The molecule has 2 saturated heterocycles. The number of hydrogen-bond acceptors (Lipinski definition) is 17. The van der Waals surface area contributed by atoms with Crippen LogP contribution in [0.5, 0.6) is 17.2 Å². The number of aryl methyl sites for hydroxylation is 1. The fraction of sp³-hybridized carbons (Fsp3) is 0.468. The molecule has 19 nitrogen and oxygen atoms in total. The number of anilines is 3. The minimum absolute atomic E-state index is 0.0727. The lowest BCUT2D eigenvalue weighted by Gasteiger charge is -2.34.